The van der Waals surface area contributed by atoms with E-state index in [0.29, 0.717) is 12.1 Å². The Kier molecular flexibility index (Phi) is 3.47. The van der Waals surface area contributed by atoms with Crippen LogP contribution in [0.5, 0.6) is 5.75 Å². The molecule has 0 heterocycles. The van der Waals surface area contributed by atoms with E-state index < -0.39 is 24.1 Å². The summed E-state index contributed by atoms with van der Waals surface area (Å²) >= 11 is 5.40. The van der Waals surface area contributed by atoms with Gasteiger partial charge in [-0.3, -0.25) is 0 Å². The molecule has 0 bridgehead atoms. The third-order valence-electron chi connectivity index (χ3n) is 1.59. The highest BCUT2D eigenvalue weighted by Gasteiger charge is 2.33. The highest BCUT2D eigenvalue weighted by molar-refractivity contribution is 6.33. The highest BCUT2D eigenvalue weighted by atomic mass is 35.5. The Morgan fingerprint density at radius 1 is 1.25 bits per heavy atom. The molecule has 16 heavy (non-hydrogen) atoms. The number of rotatable bonds is 2. The van der Waals surface area contributed by atoms with E-state index in [1.807, 2.05) is 0 Å². The molecule has 0 aromatic heterocycles. The molecule has 0 atom stereocenters. The Morgan fingerprint density at radius 3 is 2.25 bits per heavy atom. The molecule has 0 saturated carbocycles. The van der Waals surface area contributed by atoms with Gasteiger partial charge in [-0.05, 0) is 6.07 Å². The summed E-state index contributed by atoms with van der Waals surface area (Å²) in [5.41, 5.74) is 3.99. The molecular weight excluding hydrogens is 257 g/mol. The number of nitrogen functional groups attached to an aromatic ring is 1. The van der Waals surface area contributed by atoms with Crippen LogP contribution >= 0.6 is 11.6 Å². The van der Waals surface area contributed by atoms with Crippen molar-refractivity contribution in [2.75, 3.05) is 5.73 Å². The van der Waals surface area contributed by atoms with Crippen LogP contribution in [0, 0.1) is 0 Å². The van der Waals surface area contributed by atoms with Crippen LogP contribution in [0.3, 0.4) is 0 Å². The third kappa shape index (κ3) is 3.13. The summed E-state index contributed by atoms with van der Waals surface area (Å²) < 4.78 is 63.8. The van der Waals surface area contributed by atoms with Gasteiger partial charge >= 0.3 is 6.36 Å². The Hall–Kier alpha value is -1.24. The summed E-state index contributed by atoms with van der Waals surface area (Å²) in [5.74, 6) is -1.05. The first-order valence-electron chi connectivity index (χ1n) is 3.83. The molecule has 0 unspecified atom stereocenters. The molecule has 1 rings (SSSR count). The molecule has 0 aliphatic carbocycles. The Bertz CT molecular complexity index is 393. The van der Waals surface area contributed by atoms with E-state index in [4.69, 9.17) is 17.3 Å². The number of alkyl halides is 5. The molecule has 0 saturated heterocycles. The van der Waals surface area contributed by atoms with Gasteiger partial charge in [-0.15, -0.1) is 13.2 Å². The van der Waals surface area contributed by atoms with E-state index in [9.17, 15) is 22.0 Å². The van der Waals surface area contributed by atoms with Crippen molar-refractivity contribution in [3.63, 3.8) is 0 Å². The van der Waals surface area contributed by atoms with Crippen LogP contribution in [-0.4, -0.2) is 6.36 Å². The molecule has 0 radical (unpaired) electrons. The van der Waals surface area contributed by atoms with Gasteiger partial charge in [0.15, 0.2) is 0 Å². The van der Waals surface area contributed by atoms with Gasteiger partial charge in [-0.2, -0.15) is 0 Å². The van der Waals surface area contributed by atoms with E-state index in [-0.39, 0.29) is 10.7 Å². The van der Waals surface area contributed by atoms with Crippen molar-refractivity contribution in [3.05, 3.63) is 22.7 Å². The number of ether oxygens (including phenoxy) is 1. The van der Waals surface area contributed by atoms with E-state index in [1.54, 1.807) is 0 Å². The quantitative estimate of drug-likeness (QED) is 0.650. The lowest BCUT2D eigenvalue weighted by Gasteiger charge is -2.14. The van der Waals surface area contributed by atoms with Crippen molar-refractivity contribution in [1.82, 2.24) is 0 Å². The van der Waals surface area contributed by atoms with Crippen LogP contribution < -0.4 is 10.5 Å². The topological polar surface area (TPSA) is 35.2 Å². The summed E-state index contributed by atoms with van der Waals surface area (Å²) in [7, 11) is 0. The van der Waals surface area contributed by atoms with Gasteiger partial charge in [0, 0.05) is 6.07 Å². The lowest BCUT2D eigenvalue weighted by atomic mass is 10.2. The minimum Gasteiger partial charge on any atom is -0.405 e. The molecule has 0 aliphatic rings. The second-order valence-electron chi connectivity index (χ2n) is 2.76. The molecule has 0 fully saturated rings. The molecule has 0 amide bonds. The number of nitrogens with two attached hydrogens (primary N) is 1. The van der Waals surface area contributed by atoms with E-state index in [0.717, 1.165) is 0 Å². The van der Waals surface area contributed by atoms with Crippen LogP contribution in [0.25, 0.3) is 0 Å². The maximum absolute atomic E-state index is 12.4. The summed E-state index contributed by atoms with van der Waals surface area (Å²) in [5, 5.41) is -0.288. The van der Waals surface area contributed by atoms with E-state index in [2.05, 4.69) is 4.74 Å². The summed E-state index contributed by atoms with van der Waals surface area (Å²) in [6.45, 7) is 0. The molecule has 8 heteroatoms. The zero-order valence-corrected chi connectivity index (χ0v) is 8.24. The van der Waals surface area contributed by atoms with E-state index in [1.165, 1.54) is 0 Å². The predicted molar refractivity (Wildman–Crippen MR) is 47.5 cm³/mol. The largest absolute Gasteiger partial charge is 0.573 e. The zero-order chi connectivity index (χ0) is 12.5. The van der Waals surface area contributed by atoms with Crippen molar-refractivity contribution in [2.24, 2.45) is 0 Å². The number of anilines is 1. The van der Waals surface area contributed by atoms with Crippen molar-refractivity contribution in [3.8, 4) is 5.75 Å². The normalized spacial score (nSPS) is 11.9. The zero-order valence-electron chi connectivity index (χ0n) is 7.49. The molecule has 0 spiro atoms. The SMILES string of the molecule is Nc1cc(C(F)F)c(OC(F)(F)F)cc1Cl. The molecule has 90 valence electrons. The first-order valence-corrected chi connectivity index (χ1v) is 4.21. The number of benzene rings is 1. The monoisotopic (exact) mass is 261 g/mol. The molecular formula is C8H5ClF5NO. The predicted octanol–water partition coefficient (Wildman–Crippen LogP) is 3.76. The first-order chi connectivity index (χ1) is 7.20. The van der Waals surface area contributed by atoms with Gasteiger partial charge in [-0.1, -0.05) is 11.6 Å². The third-order valence-corrected chi connectivity index (χ3v) is 1.92. The molecule has 2 nitrogen and oxygen atoms in total. The average Bonchev–Trinajstić information content (AvgIpc) is 2.07. The summed E-state index contributed by atoms with van der Waals surface area (Å²) in [6, 6.07) is 1.25. The van der Waals surface area contributed by atoms with Gasteiger partial charge < -0.3 is 10.5 Å². The van der Waals surface area contributed by atoms with Crippen molar-refractivity contribution in [1.29, 1.82) is 0 Å². The highest BCUT2D eigenvalue weighted by Crippen LogP contribution is 2.37. The van der Waals surface area contributed by atoms with Crippen LogP contribution in [0.15, 0.2) is 12.1 Å². The number of halogens is 6. The fraction of sp³-hybridized carbons (Fsp3) is 0.250. The number of hydrogen-bond donors (Lipinski definition) is 1. The van der Waals surface area contributed by atoms with Crippen LogP contribution in [0.2, 0.25) is 5.02 Å². The second-order valence-corrected chi connectivity index (χ2v) is 3.17. The van der Waals surface area contributed by atoms with Crippen LogP contribution in [0.4, 0.5) is 27.6 Å². The standard InChI is InChI=1S/C8H5ClF5NO/c9-4-2-6(16-8(12,13)14)3(7(10)11)1-5(4)15/h1-2,7H,15H2. The van der Waals surface area contributed by atoms with Gasteiger partial charge in [-0.25, -0.2) is 8.78 Å². The fourth-order valence-corrected chi connectivity index (χ4v) is 1.13. The lowest BCUT2D eigenvalue weighted by molar-refractivity contribution is -0.275. The van der Waals surface area contributed by atoms with Gasteiger partial charge in [0.25, 0.3) is 6.43 Å². The fourth-order valence-electron chi connectivity index (χ4n) is 0.973. The van der Waals surface area contributed by atoms with Crippen LogP contribution in [-0.2, 0) is 0 Å². The van der Waals surface area contributed by atoms with E-state index >= 15 is 0 Å². The first kappa shape index (κ1) is 12.8. The van der Waals surface area contributed by atoms with Crippen LogP contribution in [0.1, 0.15) is 12.0 Å². The second kappa shape index (κ2) is 4.32. The minimum atomic E-state index is -5.07. The molecule has 1 aromatic carbocycles. The van der Waals surface area contributed by atoms with Crippen molar-refractivity contribution in [2.45, 2.75) is 12.8 Å². The van der Waals surface area contributed by atoms with Gasteiger partial charge in [0.1, 0.15) is 5.75 Å². The summed E-state index contributed by atoms with van der Waals surface area (Å²) in [4.78, 5) is 0. The average molecular weight is 262 g/mol. The smallest absolute Gasteiger partial charge is 0.405 e. The molecule has 2 N–H and O–H groups in total. The molecule has 1 aromatic rings. The maximum atomic E-state index is 12.4. The Balaban J connectivity index is 3.20. The minimum absolute atomic E-state index is 0.244. The summed E-state index contributed by atoms with van der Waals surface area (Å²) in [6.07, 6.45) is -8.21. The Labute approximate surface area is 91.7 Å². The lowest BCUT2D eigenvalue weighted by Crippen LogP contribution is -2.18. The van der Waals surface area contributed by atoms with Gasteiger partial charge in [0.05, 0.1) is 16.3 Å². The van der Waals surface area contributed by atoms with Gasteiger partial charge in [0.2, 0.25) is 0 Å². The molecule has 0 aliphatic heterocycles. The Morgan fingerprint density at radius 2 is 1.81 bits per heavy atom. The maximum Gasteiger partial charge on any atom is 0.573 e. The van der Waals surface area contributed by atoms with Crippen molar-refractivity contribution < 1.29 is 26.7 Å². The number of hydrogen-bond acceptors (Lipinski definition) is 2. The van der Waals surface area contributed by atoms with Crippen molar-refractivity contribution >= 4 is 17.3 Å².